The summed E-state index contributed by atoms with van der Waals surface area (Å²) in [5.74, 6) is -4.94. The third-order valence-electron chi connectivity index (χ3n) is 3.99. The van der Waals surface area contributed by atoms with Gasteiger partial charge in [0.15, 0.2) is 0 Å². The molecule has 176 valence electrons. The summed E-state index contributed by atoms with van der Waals surface area (Å²) in [6, 6.07) is -3.56. The van der Waals surface area contributed by atoms with Gasteiger partial charge in [-0.15, -0.1) is 0 Å². The minimum Gasteiger partial charge on any atom is -0.481 e. The Hall–Kier alpha value is -2.87. The number of carboxylic acid groups (broad SMARTS) is 2. The van der Waals surface area contributed by atoms with E-state index in [1.165, 1.54) is 11.8 Å². The average molecular weight is 464 g/mol. The summed E-state index contributed by atoms with van der Waals surface area (Å²) < 4.78 is 0. The minimum atomic E-state index is -1.43. The lowest BCUT2D eigenvalue weighted by molar-refractivity contribution is -0.143. The van der Waals surface area contributed by atoms with Crippen molar-refractivity contribution in [3.8, 4) is 0 Å². The molecule has 0 aliphatic carbocycles. The summed E-state index contributed by atoms with van der Waals surface area (Å²) in [4.78, 5) is 69.0. The van der Waals surface area contributed by atoms with Gasteiger partial charge in [-0.25, -0.2) is 4.79 Å². The number of carboxylic acids is 2. The predicted molar refractivity (Wildman–Crippen MR) is 111 cm³/mol. The molecule has 31 heavy (non-hydrogen) atoms. The maximum absolute atomic E-state index is 12.4. The first-order valence-electron chi connectivity index (χ1n) is 9.32. The highest BCUT2D eigenvalue weighted by molar-refractivity contribution is 7.98. The van der Waals surface area contributed by atoms with E-state index in [-0.39, 0.29) is 25.7 Å². The molecule has 0 aliphatic rings. The second-order valence-corrected chi connectivity index (χ2v) is 7.55. The topological polar surface area (TPSA) is 231 Å². The van der Waals surface area contributed by atoms with Crippen LogP contribution >= 0.6 is 11.8 Å². The Labute approximate surface area is 183 Å². The van der Waals surface area contributed by atoms with Crippen molar-refractivity contribution in [1.82, 2.24) is 16.0 Å². The largest absolute Gasteiger partial charge is 0.481 e. The number of nitrogens with one attached hydrogen (secondary N) is 3. The molecule has 4 amide bonds. The zero-order chi connectivity index (χ0) is 24.0. The van der Waals surface area contributed by atoms with E-state index in [0.29, 0.717) is 5.75 Å². The number of hydrogen-bond donors (Lipinski definition) is 7. The van der Waals surface area contributed by atoms with Crippen molar-refractivity contribution in [2.45, 2.75) is 50.2 Å². The lowest BCUT2D eigenvalue weighted by Gasteiger charge is -2.21. The van der Waals surface area contributed by atoms with E-state index in [4.69, 9.17) is 21.7 Å². The molecule has 14 heteroatoms. The third-order valence-corrected chi connectivity index (χ3v) is 4.63. The van der Waals surface area contributed by atoms with Gasteiger partial charge in [-0.2, -0.15) is 11.8 Å². The Balaban J connectivity index is 4.83. The maximum atomic E-state index is 12.4. The number of rotatable bonds is 16. The Kier molecular flexibility index (Phi) is 13.6. The lowest BCUT2D eigenvalue weighted by Crippen LogP contribution is -2.54. The lowest BCUT2D eigenvalue weighted by atomic mass is 10.1. The first kappa shape index (κ1) is 28.1. The fourth-order valence-electron chi connectivity index (χ4n) is 2.27. The molecule has 0 saturated heterocycles. The van der Waals surface area contributed by atoms with Gasteiger partial charge in [0.1, 0.15) is 12.1 Å². The molecule has 0 aromatic rings. The van der Waals surface area contributed by atoms with E-state index < -0.39 is 66.7 Å². The molecule has 0 fully saturated rings. The summed E-state index contributed by atoms with van der Waals surface area (Å²) in [5.41, 5.74) is 10.6. The van der Waals surface area contributed by atoms with E-state index in [2.05, 4.69) is 16.0 Å². The Morgan fingerprint density at radius 3 is 2.06 bits per heavy atom. The summed E-state index contributed by atoms with van der Waals surface area (Å²) >= 11 is 1.39. The molecule has 0 aromatic heterocycles. The fraction of sp³-hybridized carbons (Fsp3) is 0.647. The second-order valence-electron chi connectivity index (χ2n) is 6.56. The van der Waals surface area contributed by atoms with Crippen LogP contribution in [0.3, 0.4) is 0 Å². The highest BCUT2D eigenvalue weighted by atomic mass is 32.2. The molecule has 3 unspecified atom stereocenters. The molecule has 0 radical (unpaired) electrons. The SMILES string of the molecule is CSCCC(NC(=O)CNC(=O)C(N)CCC(N)=O)C(=O)NC(CCC(=O)O)C(=O)O. The first-order chi connectivity index (χ1) is 14.5. The van der Waals surface area contributed by atoms with Crippen LogP contribution in [0, 0.1) is 0 Å². The van der Waals surface area contributed by atoms with Gasteiger partial charge >= 0.3 is 11.9 Å². The van der Waals surface area contributed by atoms with Gasteiger partial charge in [0.25, 0.3) is 0 Å². The van der Waals surface area contributed by atoms with Gasteiger partial charge in [-0.3, -0.25) is 24.0 Å². The second kappa shape index (κ2) is 15.0. The van der Waals surface area contributed by atoms with Gasteiger partial charge in [0.05, 0.1) is 12.6 Å². The number of primary amides is 1. The standard InChI is InChI=1S/C17H29N5O8S/c1-31-7-6-10(16(28)22-11(17(29)30)3-5-14(25)26)21-13(24)8-20-15(27)9(18)2-4-12(19)23/h9-11H,2-8,18H2,1H3,(H2,19,23)(H,20,27)(H,21,24)(H,22,28)(H,25,26)(H,29,30). The molecule has 0 rings (SSSR count). The van der Waals surface area contributed by atoms with Crippen LogP contribution in [-0.2, 0) is 28.8 Å². The zero-order valence-electron chi connectivity index (χ0n) is 17.1. The molecule has 0 aromatic carbocycles. The van der Waals surface area contributed by atoms with Crippen LogP contribution in [0.4, 0.5) is 0 Å². The van der Waals surface area contributed by atoms with Gasteiger partial charge < -0.3 is 37.6 Å². The zero-order valence-corrected chi connectivity index (χ0v) is 17.9. The summed E-state index contributed by atoms with van der Waals surface area (Å²) in [6.07, 6.45) is 1.09. The summed E-state index contributed by atoms with van der Waals surface area (Å²) in [6.45, 7) is -0.493. The van der Waals surface area contributed by atoms with Gasteiger partial charge in [-0.1, -0.05) is 0 Å². The van der Waals surface area contributed by atoms with Gasteiger partial charge in [0, 0.05) is 12.8 Å². The molecule has 0 aliphatic heterocycles. The average Bonchev–Trinajstić information content (AvgIpc) is 2.69. The minimum absolute atomic E-state index is 0.00839. The molecule has 0 bridgehead atoms. The van der Waals surface area contributed by atoms with E-state index in [9.17, 15) is 28.8 Å². The number of amides is 4. The molecule has 0 heterocycles. The van der Waals surface area contributed by atoms with Crippen molar-refractivity contribution in [1.29, 1.82) is 0 Å². The normalized spacial score (nSPS) is 13.4. The summed E-state index contributed by atoms with van der Waals surface area (Å²) in [5, 5.41) is 24.8. The quantitative estimate of drug-likeness (QED) is 0.126. The van der Waals surface area contributed by atoms with Crippen molar-refractivity contribution in [3.05, 3.63) is 0 Å². The fourth-order valence-corrected chi connectivity index (χ4v) is 2.75. The smallest absolute Gasteiger partial charge is 0.326 e. The molecule has 3 atom stereocenters. The van der Waals surface area contributed by atoms with Gasteiger partial charge in [0.2, 0.25) is 23.6 Å². The van der Waals surface area contributed by atoms with Crippen molar-refractivity contribution in [2.75, 3.05) is 18.6 Å². The number of carbonyl (C=O) groups is 6. The van der Waals surface area contributed by atoms with Crippen LogP contribution in [-0.4, -0.2) is 82.5 Å². The van der Waals surface area contributed by atoms with Crippen molar-refractivity contribution < 1.29 is 39.0 Å². The number of hydrogen-bond acceptors (Lipinski definition) is 8. The summed E-state index contributed by atoms with van der Waals surface area (Å²) in [7, 11) is 0. The maximum Gasteiger partial charge on any atom is 0.326 e. The van der Waals surface area contributed by atoms with E-state index in [1.807, 2.05) is 0 Å². The Morgan fingerprint density at radius 2 is 1.55 bits per heavy atom. The van der Waals surface area contributed by atoms with Crippen LogP contribution in [0.1, 0.15) is 32.1 Å². The Morgan fingerprint density at radius 1 is 0.903 bits per heavy atom. The van der Waals surface area contributed by atoms with Gasteiger partial charge in [-0.05, 0) is 31.3 Å². The monoisotopic (exact) mass is 463 g/mol. The molecular formula is C17H29N5O8S. The molecule has 9 N–H and O–H groups in total. The molecule has 0 spiro atoms. The molecule has 0 saturated carbocycles. The van der Waals surface area contributed by atoms with Crippen molar-refractivity contribution in [2.24, 2.45) is 11.5 Å². The van der Waals surface area contributed by atoms with Crippen LogP contribution < -0.4 is 27.4 Å². The predicted octanol–water partition coefficient (Wildman–Crippen LogP) is -2.63. The number of thioether (sulfide) groups is 1. The van der Waals surface area contributed by atoms with Crippen molar-refractivity contribution in [3.63, 3.8) is 0 Å². The van der Waals surface area contributed by atoms with Crippen LogP contribution in [0.25, 0.3) is 0 Å². The first-order valence-corrected chi connectivity index (χ1v) is 10.7. The number of aliphatic carboxylic acids is 2. The highest BCUT2D eigenvalue weighted by Crippen LogP contribution is 2.04. The van der Waals surface area contributed by atoms with E-state index >= 15 is 0 Å². The third kappa shape index (κ3) is 13.1. The van der Waals surface area contributed by atoms with Crippen LogP contribution in [0.2, 0.25) is 0 Å². The highest BCUT2D eigenvalue weighted by Gasteiger charge is 2.27. The van der Waals surface area contributed by atoms with Crippen molar-refractivity contribution >= 4 is 47.3 Å². The Bertz CT molecular complexity index is 675. The van der Waals surface area contributed by atoms with Crippen LogP contribution in [0.15, 0.2) is 0 Å². The van der Waals surface area contributed by atoms with E-state index in [1.54, 1.807) is 6.26 Å². The molecular weight excluding hydrogens is 434 g/mol. The van der Waals surface area contributed by atoms with E-state index in [0.717, 1.165) is 0 Å². The number of carbonyl (C=O) groups excluding carboxylic acids is 4. The molecule has 13 nitrogen and oxygen atoms in total. The number of nitrogens with two attached hydrogens (primary N) is 2. The van der Waals surface area contributed by atoms with Crippen LogP contribution in [0.5, 0.6) is 0 Å².